The number of benzene rings is 2. The van der Waals surface area contributed by atoms with E-state index in [0.717, 1.165) is 10.2 Å². The highest BCUT2D eigenvalue weighted by Gasteiger charge is 2.21. The summed E-state index contributed by atoms with van der Waals surface area (Å²) in [6.07, 6.45) is 0. The molecule has 0 spiro atoms. The maximum atomic E-state index is 12.5. The Balaban J connectivity index is 1.86. The van der Waals surface area contributed by atoms with Crippen molar-refractivity contribution in [2.24, 2.45) is 0 Å². The molecule has 2 aromatic carbocycles. The molecule has 1 aliphatic heterocycles. The molecule has 7 heteroatoms. The average Bonchev–Trinajstić information content (AvgIpc) is 2.69. The maximum absolute atomic E-state index is 12.5. The molecular weight excluding hydrogens is 412 g/mol. The number of amides is 1. The molecule has 0 saturated carbocycles. The number of hydrogen-bond donors (Lipinski definition) is 1. The average molecular weight is 433 g/mol. The highest BCUT2D eigenvalue weighted by atomic mass is 79.9. The van der Waals surface area contributed by atoms with Crippen LogP contribution >= 0.6 is 15.9 Å². The van der Waals surface area contributed by atoms with Gasteiger partial charge in [0.2, 0.25) is 0 Å². The van der Waals surface area contributed by atoms with Gasteiger partial charge in [-0.05, 0) is 43.3 Å². The van der Waals surface area contributed by atoms with Gasteiger partial charge in [0.25, 0.3) is 5.91 Å². The van der Waals surface area contributed by atoms with Gasteiger partial charge in [-0.1, -0.05) is 22.0 Å². The molecule has 27 heavy (non-hydrogen) atoms. The van der Waals surface area contributed by atoms with Gasteiger partial charge in [0, 0.05) is 28.8 Å². The summed E-state index contributed by atoms with van der Waals surface area (Å²) >= 11 is 3.36. The zero-order chi connectivity index (χ0) is 19.2. The summed E-state index contributed by atoms with van der Waals surface area (Å²) in [5.41, 5.74) is 2.29. The van der Waals surface area contributed by atoms with Crippen LogP contribution in [0.5, 0.6) is 0 Å². The Kier molecular flexibility index (Phi) is 6.47. The van der Waals surface area contributed by atoms with Gasteiger partial charge in [-0.25, -0.2) is 4.79 Å². The van der Waals surface area contributed by atoms with Crippen molar-refractivity contribution in [2.75, 3.05) is 43.1 Å². The molecule has 1 fully saturated rings. The first-order chi connectivity index (χ1) is 13.1. The quantitative estimate of drug-likeness (QED) is 0.729. The summed E-state index contributed by atoms with van der Waals surface area (Å²) in [5.74, 6) is -0.650. The Morgan fingerprint density at radius 2 is 1.96 bits per heavy atom. The van der Waals surface area contributed by atoms with E-state index in [1.165, 1.54) is 0 Å². The molecule has 1 saturated heterocycles. The van der Waals surface area contributed by atoms with E-state index in [2.05, 4.69) is 26.1 Å². The highest BCUT2D eigenvalue weighted by molar-refractivity contribution is 9.10. The first-order valence-corrected chi connectivity index (χ1v) is 9.58. The zero-order valence-electron chi connectivity index (χ0n) is 15.0. The number of morpholine rings is 1. The van der Waals surface area contributed by atoms with Gasteiger partial charge in [-0.3, -0.25) is 4.79 Å². The van der Waals surface area contributed by atoms with Gasteiger partial charge in [0.05, 0.1) is 31.1 Å². The van der Waals surface area contributed by atoms with Crippen molar-refractivity contribution in [3.05, 3.63) is 58.1 Å². The van der Waals surface area contributed by atoms with E-state index in [4.69, 9.17) is 9.47 Å². The van der Waals surface area contributed by atoms with Crippen LogP contribution in [-0.4, -0.2) is 44.8 Å². The van der Waals surface area contributed by atoms with Crippen LogP contribution in [0.4, 0.5) is 11.4 Å². The Morgan fingerprint density at radius 1 is 1.19 bits per heavy atom. The van der Waals surface area contributed by atoms with Gasteiger partial charge < -0.3 is 19.7 Å². The number of halogens is 1. The Hall–Kier alpha value is -2.38. The van der Waals surface area contributed by atoms with Crippen LogP contribution in [0.2, 0.25) is 0 Å². The van der Waals surface area contributed by atoms with Crippen molar-refractivity contribution < 1.29 is 19.1 Å². The minimum Gasteiger partial charge on any atom is -0.462 e. The Bertz CT molecular complexity index is 834. The molecule has 0 aromatic heterocycles. The lowest BCUT2D eigenvalue weighted by molar-refractivity contribution is 0.0526. The SMILES string of the molecule is CCOC(=O)c1cc(NC(=O)c2cccc(Br)c2)ccc1N1CCOCC1. The van der Waals surface area contributed by atoms with E-state index >= 15 is 0 Å². The maximum Gasteiger partial charge on any atom is 0.340 e. The molecule has 0 atom stereocenters. The molecular formula is C20H21BrN2O4. The molecule has 3 rings (SSSR count). The lowest BCUT2D eigenvalue weighted by Crippen LogP contribution is -2.37. The van der Waals surface area contributed by atoms with Crippen LogP contribution in [0.1, 0.15) is 27.6 Å². The normalized spacial score (nSPS) is 13.9. The van der Waals surface area contributed by atoms with Crippen molar-refractivity contribution in [3.8, 4) is 0 Å². The largest absolute Gasteiger partial charge is 0.462 e. The number of anilines is 2. The Morgan fingerprint density at radius 3 is 2.67 bits per heavy atom. The smallest absolute Gasteiger partial charge is 0.340 e. The third-order valence-corrected chi connectivity index (χ3v) is 4.68. The molecule has 2 aromatic rings. The minimum absolute atomic E-state index is 0.245. The third kappa shape index (κ3) is 4.87. The number of carbonyl (C=O) groups is 2. The Labute approximate surface area is 166 Å². The molecule has 142 valence electrons. The highest BCUT2D eigenvalue weighted by Crippen LogP contribution is 2.26. The number of carbonyl (C=O) groups excluding carboxylic acids is 2. The van der Waals surface area contributed by atoms with Crippen LogP contribution in [0, 0.1) is 0 Å². The number of hydrogen-bond acceptors (Lipinski definition) is 5. The summed E-state index contributed by atoms with van der Waals surface area (Å²) < 4.78 is 11.4. The molecule has 0 unspecified atom stereocenters. The number of esters is 1. The van der Waals surface area contributed by atoms with Crippen LogP contribution in [0.15, 0.2) is 46.9 Å². The first-order valence-electron chi connectivity index (χ1n) is 8.79. The predicted molar refractivity (Wildman–Crippen MR) is 108 cm³/mol. The fraction of sp³-hybridized carbons (Fsp3) is 0.300. The number of ether oxygens (including phenoxy) is 2. The molecule has 0 radical (unpaired) electrons. The van der Waals surface area contributed by atoms with E-state index in [9.17, 15) is 9.59 Å². The standard InChI is InChI=1S/C20H21BrN2O4/c1-2-27-20(25)17-13-16(6-7-18(17)23-8-10-26-11-9-23)22-19(24)14-4-3-5-15(21)12-14/h3-7,12-13H,2,8-11H2,1H3,(H,22,24). The summed E-state index contributed by atoms with van der Waals surface area (Å²) in [6.45, 7) is 4.70. The van der Waals surface area contributed by atoms with E-state index in [1.54, 1.807) is 37.3 Å². The van der Waals surface area contributed by atoms with Crippen molar-refractivity contribution in [1.82, 2.24) is 0 Å². The lowest BCUT2D eigenvalue weighted by Gasteiger charge is -2.30. The third-order valence-electron chi connectivity index (χ3n) is 4.19. The fourth-order valence-electron chi connectivity index (χ4n) is 2.90. The topological polar surface area (TPSA) is 67.9 Å². The van der Waals surface area contributed by atoms with Crippen molar-refractivity contribution in [2.45, 2.75) is 6.92 Å². The minimum atomic E-state index is -0.405. The molecule has 0 bridgehead atoms. The summed E-state index contributed by atoms with van der Waals surface area (Å²) in [7, 11) is 0. The van der Waals surface area contributed by atoms with E-state index in [-0.39, 0.29) is 12.5 Å². The van der Waals surface area contributed by atoms with Crippen LogP contribution < -0.4 is 10.2 Å². The lowest BCUT2D eigenvalue weighted by atomic mass is 10.1. The first kappa shape index (κ1) is 19.4. The van der Waals surface area contributed by atoms with Gasteiger partial charge in [-0.15, -0.1) is 0 Å². The molecule has 1 heterocycles. The van der Waals surface area contributed by atoms with Crippen molar-refractivity contribution in [3.63, 3.8) is 0 Å². The summed E-state index contributed by atoms with van der Waals surface area (Å²) in [6, 6.07) is 12.4. The second-order valence-corrected chi connectivity index (χ2v) is 6.93. The second-order valence-electron chi connectivity index (χ2n) is 6.02. The monoisotopic (exact) mass is 432 g/mol. The van der Waals surface area contributed by atoms with Crippen LogP contribution in [0.3, 0.4) is 0 Å². The van der Waals surface area contributed by atoms with Gasteiger partial charge in [-0.2, -0.15) is 0 Å². The summed E-state index contributed by atoms with van der Waals surface area (Å²) in [4.78, 5) is 27.0. The zero-order valence-corrected chi connectivity index (χ0v) is 16.6. The summed E-state index contributed by atoms with van der Waals surface area (Å²) in [5, 5.41) is 2.84. The van der Waals surface area contributed by atoms with Gasteiger partial charge >= 0.3 is 5.97 Å². The van der Waals surface area contributed by atoms with Crippen LogP contribution in [0.25, 0.3) is 0 Å². The van der Waals surface area contributed by atoms with E-state index in [0.29, 0.717) is 43.1 Å². The molecule has 1 amide bonds. The fourth-order valence-corrected chi connectivity index (χ4v) is 3.30. The number of nitrogens with zero attached hydrogens (tertiary/aromatic N) is 1. The van der Waals surface area contributed by atoms with Crippen LogP contribution in [-0.2, 0) is 9.47 Å². The number of nitrogens with one attached hydrogen (secondary N) is 1. The van der Waals surface area contributed by atoms with Gasteiger partial charge in [0.1, 0.15) is 0 Å². The second kappa shape index (κ2) is 9.01. The van der Waals surface area contributed by atoms with E-state index in [1.807, 2.05) is 12.1 Å². The molecule has 6 nitrogen and oxygen atoms in total. The molecule has 0 aliphatic carbocycles. The van der Waals surface area contributed by atoms with E-state index < -0.39 is 5.97 Å². The van der Waals surface area contributed by atoms with Crippen molar-refractivity contribution in [1.29, 1.82) is 0 Å². The predicted octanol–water partition coefficient (Wildman–Crippen LogP) is 3.71. The van der Waals surface area contributed by atoms with Crippen molar-refractivity contribution >= 4 is 39.2 Å². The van der Waals surface area contributed by atoms with Gasteiger partial charge in [0.15, 0.2) is 0 Å². The number of rotatable bonds is 5. The molecule has 1 aliphatic rings. The molecule has 1 N–H and O–H groups in total.